The van der Waals surface area contributed by atoms with E-state index in [1.807, 2.05) is 7.05 Å². The van der Waals surface area contributed by atoms with Crippen LogP contribution in [0.1, 0.15) is 42.6 Å². The highest BCUT2D eigenvalue weighted by Gasteiger charge is 2.27. The van der Waals surface area contributed by atoms with Crippen molar-refractivity contribution in [2.45, 2.75) is 39.3 Å². The van der Waals surface area contributed by atoms with Crippen LogP contribution in [0.4, 0.5) is 0 Å². The third-order valence-corrected chi connectivity index (χ3v) is 5.04. The lowest BCUT2D eigenvalue weighted by atomic mass is 9.89. The molecule has 2 aromatic rings. The molecule has 0 spiro atoms. The second-order valence-corrected chi connectivity index (χ2v) is 7.37. The fourth-order valence-electron chi connectivity index (χ4n) is 3.57. The molecule has 1 aromatic heterocycles. The smallest absolute Gasteiger partial charge is 0.191 e. The molecule has 2 atom stereocenters. The molecule has 5 nitrogen and oxygen atoms in total. The first-order valence-corrected chi connectivity index (χ1v) is 9.97. The van der Waals surface area contributed by atoms with Gasteiger partial charge >= 0.3 is 0 Å². The van der Waals surface area contributed by atoms with Gasteiger partial charge in [-0.15, -0.1) is 24.0 Å². The normalized spacial score (nSPS) is 19.8. The van der Waals surface area contributed by atoms with Gasteiger partial charge in [0.25, 0.3) is 0 Å². The van der Waals surface area contributed by atoms with Gasteiger partial charge in [0.15, 0.2) is 5.96 Å². The summed E-state index contributed by atoms with van der Waals surface area (Å²) in [5, 5.41) is 6.88. The van der Waals surface area contributed by atoms with Crippen molar-refractivity contribution in [1.29, 1.82) is 0 Å². The highest BCUT2D eigenvalue weighted by Crippen LogP contribution is 2.33. The lowest BCUT2D eigenvalue weighted by Gasteiger charge is -2.32. The number of aromatic nitrogens is 1. The van der Waals surface area contributed by atoms with Gasteiger partial charge < -0.3 is 19.9 Å². The molecular weight excluding hydrogens is 463 g/mol. The second-order valence-electron chi connectivity index (χ2n) is 7.37. The number of guanidine groups is 1. The molecule has 1 aromatic carbocycles. The van der Waals surface area contributed by atoms with Crippen LogP contribution in [0.25, 0.3) is 0 Å². The van der Waals surface area contributed by atoms with E-state index in [1.165, 1.54) is 23.1 Å². The first-order valence-electron chi connectivity index (χ1n) is 9.97. The van der Waals surface area contributed by atoms with Gasteiger partial charge in [-0.05, 0) is 43.9 Å². The number of ether oxygens (including phenoxy) is 1. The average Bonchev–Trinajstić information content (AvgIpc) is 3.10. The van der Waals surface area contributed by atoms with Crippen LogP contribution in [0, 0.1) is 12.8 Å². The maximum atomic E-state index is 6.14. The first kappa shape index (κ1) is 22.7. The van der Waals surface area contributed by atoms with Gasteiger partial charge in [-0.3, -0.25) is 0 Å². The Morgan fingerprint density at radius 1 is 1.21 bits per heavy atom. The zero-order valence-corrected chi connectivity index (χ0v) is 19.5. The number of nitrogens with one attached hydrogen (secondary N) is 2. The van der Waals surface area contributed by atoms with Crippen LogP contribution in [0.2, 0.25) is 0 Å². The van der Waals surface area contributed by atoms with E-state index in [1.54, 1.807) is 0 Å². The molecule has 3 rings (SSSR count). The van der Waals surface area contributed by atoms with Crippen molar-refractivity contribution in [2.75, 3.05) is 19.7 Å². The highest BCUT2D eigenvalue weighted by atomic mass is 127. The van der Waals surface area contributed by atoms with Crippen molar-refractivity contribution in [2.24, 2.45) is 18.0 Å². The van der Waals surface area contributed by atoms with Crippen LogP contribution in [0.5, 0.6) is 0 Å². The molecule has 2 N–H and O–H groups in total. The maximum absolute atomic E-state index is 6.14. The Balaban J connectivity index is 0.00000280. The molecule has 1 fully saturated rings. The molecule has 0 saturated carbocycles. The summed E-state index contributed by atoms with van der Waals surface area (Å²) < 4.78 is 8.19. The van der Waals surface area contributed by atoms with Gasteiger partial charge in [0.05, 0.1) is 12.6 Å². The summed E-state index contributed by atoms with van der Waals surface area (Å²) in [5.41, 5.74) is 3.78. The largest absolute Gasteiger partial charge is 0.373 e. The van der Waals surface area contributed by atoms with E-state index in [0.717, 1.165) is 32.1 Å². The van der Waals surface area contributed by atoms with E-state index in [0.29, 0.717) is 12.5 Å². The molecule has 0 amide bonds. The van der Waals surface area contributed by atoms with E-state index in [-0.39, 0.29) is 30.1 Å². The first-order chi connectivity index (χ1) is 13.2. The van der Waals surface area contributed by atoms with Crippen LogP contribution in [-0.4, -0.2) is 30.2 Å². The minimum Gasteiger partial charge on any atom is -0.373 e. The number of aryl methyl sites for hydroxylation is 2. The Bertz CT molecular complexity index is 741. The fraction of sp³-hybridized carbons (Fsp3) is 0.500. The van der Waals surface area contributed by atoms with Crippen molar-refractivity contribution in [3.8, 4) is 0 Å². The minimum absolute atomic E-state index is 0. The molecule has 2 unspecified atom stereocenters. The highest BCUT2D eigenvalue weighted by molar-refractivity contribution is 14.0. The third kappa shape index (κ3) is 6.51. The average molecular weight is 496 g/mol. The number of rotatable bonds is 6. The zero-order valence-electron chi connectivity index (χ0n) is 17.1. The molecule has 0 radical (unpaired) electrons. The molecule has 1 saturated heterocycles. The molecule has 0 aliphatic carbocycles. The zero-order chi connectivity index (χ0) is 19.1. The van der Waals surface area contributed by atoms with Crippen LogP contribution < -0.4 is 10.6 Å². The van der Waals surface area contributed by atoms with Crippen LogP contribution in [-0.2, 0) is 18.3 Å². The van der Waals surface area contributed by atoms with Gasteiger partial charge in [0.2, 0.25) is 0 Å². The van der Waals surface area contributed by atoms with E-state index in [9.17, 15) is 0 Å². The summed E-state index contributed by atoms with van der Waals surface area (Å²) in [4.78, 5) is 4.73. The van der Waals surface area contributed by atoms with Crippen molar-refractivity contribution >= 4 is 29.9 Å². The summed E-state index contributed by atoms with van der Waals surface area (Å²) in [6.45, 7) is 7.45. The maximum Gasteiger partial charge on any atom is 0.191 e. The summed E-state index contributed by atoms with van der Waals surface area (Å²) in [6.07, 6.45) is 6.60. The summed E-state index contributed by atoms with van der Waals surface area (Å²) in [5.74, 6) is 1.32. The summed E-state index contributed by atoms with van der Waals surface area (Å²) in [7, 11) is 2.03. The second kappa shape index (κ2) is 11.5. The Kier molecular flexibility index (Phi) is 9.31. The number of hydrogen-bond donors (Lipinski definition) is 2. The Morgan fingerprint density at radius 2 is 2.00 bits per heavy atom. The number of nitrogens with zero attached hydrogens (tertiary/aromatic N) is 2. The van der Waals surface area contributed by atoms with Crippen molar-refractivity contribution in [3.63, 3.8) is 0 Å². The van der Waals surface area contributed by atoms with E-state index >= 15 is 0 Å². The minimum atomic E-state index is 0. The standard InChI is InChI=1S/C22H32N4O.HI/c1-4-23-22(24-14-18-11-12-26(3)16-18)25-15-20-6-5-13-27-21(20)19-9-7-17(2)8-10-19;/h7-12,16,20-21H,4-6,13-15H2,1-3H3,(H2,23,24,25);1H. The topological polar surface area (TPSA) is 50.6 Å². The van der Waals surface area contributed by atoms with Crippen LogP contribution in [0.3, 0.4) is 0 Å². The fourth-order valence-corrected chi connectivity index (χ4v) is 3.57. The molecule has 154 valence electrons. The van der Waals surface area contributed by atoms with E-state index < -0.39 is 0 Å². The number of hydrogen-bond acceptors (Lipinski definition) is 2. The molecule has 1 aliphatic heterocycles. The van der Waals surface area contributed by atoms with Crippen LogP contribution in [0.15, 0.2) is 47.7 Å². The monoisotopic (exact) mass is 496 g/mol. The lowest BCUT2D eigenvalue weighted by molar-refractivity contribution is -0.0265. The van der Waals surface area contributed by atoms with Gasteiger partial charge in [0, 0.05) is 45.1 Å². The molecule has 6 heteroatoms. The molecule has 1 aliphatic rings. The summed E-state index contributed by atoms with van der Waals surface area (Å²) in [6, 6.07) is 10.8. The molecular formula is C22H33IN4O. The SMILES string of the molecule is CCNC(=NCc1ccn(C)c1)NCC1CCCOC1c1ccc(C)cc1.I. The van der Waals surface area contributed by atoms with Crippen molar-refractivity contribution in [1.82, 2.24) is 15.2 Å². The third-order valence-electron chi connectivity index (χ3n) is 5.04. The predicted octanol–water partition coefficient (Wildman–Crippen LogP) is 4.17. The van der Waals surface area contributed by atoms with E-state index in [2.05, 4.69) is 71.8 Å². The van der Waals surface area contributed by atoms with Gasteiger partial charge in [-0.1, -0.05) is 29.8 Å². The molecule has 28 heavy (non-hydrogen) atoms. The van der Waals surface area contributed by atoms with Gasteiger partial charge in [0.1, 0.15) is 0 Å². The summed E-state index contributed by atoms with van der Waals surface area (Å²) >= 11 is 0. The Morgan fingerprint density at radius 3 is 2.68 bits per heavy atom. The van der Waals surface area contributed by atoms with Gasteiger partial charge in [-0.2, -0.15) is 0 Å². The Labute approximate surface area is 186 Å². The quantitative estimate of drug-likeness (QED) is 0.359. The number of halogens is 1. The predicted molar refractivity (Wildman–Crippen MR) is 126 cm³/mol. The number of benzene rings is 1. The van der Waals surface area contributed by atoms with Crippen molar-refractivity contribution in [3.05, 3.63) is 59.4 Å². The number of aliphatic imine (C=N–C) groups is 1. The Hall–Kier alpha value is -1.54. The van der Waals surface area contributed by atoms with Crippen molar-refractivity contribution < 1.29 is 4.74 Å². The molecule has 2 heterocycles. The molecule has 0 bridgehead atoms. The lowest BCUT2D eigenvalue weighted by Crippen LogP contribution is -2.42. The van der Waals surface area contributed by atoms with E-state index in [4.69, 9.17) is 9.73 Å². The van der Waals surface area contributed by atoms with Crippen LogP contribution >= 0.6 is 24.0 Å². The van der Waals surface area contributed by atoms with Gasteiger partial charge in [-0.25, -0.2) is 4.99 Å².